The molecule has 0 fully saturated rings. The maximum absolute atomic E-state index is 13.7. The molecule has 0 spiro atoms. The smallest absolute Gasteiger partial charge is 0.191 e. The molecule has 168 valence electrons. The van der Waals surface area contributed by atoms with Crippen molar-refractivity contribution >= 4 is 29.9 Å². The molecular weight excluding hydrogens is 494 g/mol. The number of nitrogens with zero attached hydrogens (tertiary/aromatic N) is 4. The van der Waals surface area contributed by atoms with Crippen molar-refractivity contribution in [3.8, 4) is 0 Å². The van der Waals surface area contributed by atoms with E-state index in [4.69, 9.17) is 4.99 Å². The number of aryl methyl sites for hydroxylation is 2. The molecule has 0 radical (unpaired) electrons. The van der Waals surface area contributed by atoms with Crippen molar-refractivity contribution in [1.29, 1.82) is 0 Å². The van der Waals surface area contributed by atoms with E-state index in [0.717, 1.165) is 30.2 Å². The number of aliphatic imine (C=N–C) groups is 1. The van der Waals surface area contributed by atoms with Gasteiger partial charge in [-0.3, -0.25) is 9.67 Å². The van der Waals surface area contributed by atoms with Crippen LogP contribution < -0.4 is 10.6 Å². The van der Waals surface area contributed by atoms with Gasteiger partial charge in [-0.15, -0.1) is 24.0 Å². The molecule has 2 atom stereocenters. The molecule has 0 saturated heterocycles. The largest absolute Gasteiger partial charge is 0.357 e. The molecule has 2 aromatic rings. The van der Waals surface area contributed by atoms with Crippen LogP contribution >= 0.6 is 24.0 Å². The third-order valence-corrected chi connectivity index (χ3v) is 5.18. The van der Waals surface area contributed by atoms with Crippen LogP contribution in [0.1, 0.15) is 42.4 Å². The highest BCUT2D eigenvalue weighted by Crippen LogP contribution is 2.19. The lowest BCUT2D eigenvalue weighted by Crippen LogP contribution is -2.43. The van der Waals surface area contributed by atoms with E-state index in [0.29, 0.717) is 6.54 Å². The summed E-state index contributed by atoms with van der Waals surface area (Å²) in [4.78, 5) is 6.85. The molecule has 30 heavy (non-hydrogen) atoms. The molecule has 0 saturated carbocycles. The Morgan fingerprint density at radius 3 is 2.53 bits per heavy atom. The molecule has 8 heteroatoms. The number of aromatic nitrogens is 2. The lowest BCUT2D eigenvalue weighted by molar-refractivity contribution is 0.305. The Morgan fingerprint density at radius 1 is 1.30 bits per heavy atom. The van der Waals surface area contributed by atoms with E-state index in [1.165, 1.54) is 17.3 Å². The fraction of sp³-hybridized carbons (Fsp3) is 0.545. The van der Waals surface area contributed by atoms with E-state index in [9.17, 15) is 4.39 Å². The van der Waals surface area contributed by atoms with Gasteiger partial charge in [0.15, 0.2) is 5.96 Å². The van der Waals surface area contributed by atoms with Gasteiger partial charge in [0.25, 0.3) is 0 Å². The summed E-state index contributed by atoms with van der Waals surface area (Å²) < 4.78 is 15.6. The van der Waals surface area contributed by atoms with Crippen molar-refractivity contribution in [1.82, 2.24) is 25.3 Å². The molecule has 0 aliphatic carbocycles. The van der Waals surface area contributed by atoms with E-state index in [2.05, 4.69) is 41.4 Å². The van der Waals surface area contributed by atoms with Crippen LogP contribution in [0, 0.1) is 19.7 Å². The minimum atomic E-state index is -0.223. The van der Waals surface area contributed by atoms with Crippen LogP contribution in [0.5, 0.6) is 0 Å². The summed E-state index contributed by atoms with van der Waals surface area (Å²) in [6.07, 6.45) is 0.872. The average Bonchev–Trinajstić information content (AvgIpc) is 2.88. The highest BCUT2D eigenvalue weighted by molar-refractivity contribution is 14.0. The van der Waals surface area contributed by atoms with E-state index < -0.39 is 0 Å². The van der Waals surface area contributed by atoms with Crippen LogP contribution in [0.15, 0.2) is 29.3 Å². The molecular formula is C22H36FIN6. The Hall–Kier alpha value is -1.68. The first-order chi connectivity index (χ1) is 13.7. The first-order valence-corrected chi connectivity index (χ1v) is 10.2. The second-order valence-corrected chi connectivity index (χ2v) is 7.78. The van der Waals surface area contributed by atoms with Gasteiger partial charge in [0.05, 0.1) is 18.3 Å². The molecule has 2 N–H and O–H groups in total. The predicted molar refractivity (Wildman–Crippen MR) is 133 cm³/mol. The first kappa shape index (κ1) is 26.4. The molecule has 0 aliphatic rings. The van der Waals surface area contributed by atoms with Crippen molar-refractivity contribution < 1.29 is 4.39 Å². The van der Waals surface area contributed by atoms with Gasteiger partial charge in [-0.05, 0) is 71.5 Å². The van der Waals surface area contributed by atoms with E-state index in [1.807, 2.05) is 38.8 Å². The highest BCUT2D eigenvalue weighted by atomic mass is 127. The average molecular weight is 530 g/mol. The lowest BCUT2D eigenvalue weighted by atomic mass is 10.1. The molecule has 0 amide bonds. The van der Waals surface area contributed by atoms with Gasteiger partial charge in [-0.2, -0.15) is 5.10 Å². The van der Waals surface area contributed by atoms with E-state index in [1.54, 1.807) is 12.1 Å². The van der Waals surface area contributed by atoms with Gasteiger partial charge in [0.2, 0.25) is 0 Å². The standard InChI is InChI=1S/C22H35FN6.HI/c1-8-24-22(26-15(2)12-20-16(3)27-29(7)17(20)4)25-14-21(28(5)6)18-10-9-11-19(23)13-18;/h9-11,13,15,21H,8,12,14H2,1-7H3,(H2,24,25,26);1H. The maximum atomic E-state index is 13.7. The Labute approximate surface area is 197 Å². The summed E-state index contributed by atoms with van der Waals surface area (Å²) in [6, 6.07) is 6.93. The molecule has 1 aromatic carbocycles. The van der Waals surface area contributed by atoms with Gasteiger partial charge in [0.1, 0.15) is 5.82 Å². The predicted octanol–water partition coefficient (Wildman–Crippen LogP) is 3.58. The molecule has 6 nitrogen and oxygen atoms in total. The summed E-state index contributed by atoms with van der Waals surface area (Å²) in [5, 5.41) is 11.3. The van der Waals surface area contributed by atoms with Crippen molar-refractivity contribution in [2.75, 3.05) is 27.2 Å². The summed E-state index contributed by atoms with van der Waals surface area (Å²) in [7, 11) is 5.95. The summed E-state index contributed by atoms with van der Waals surface area (Å²) in [5.41, 5.74) is 4.45. The van der Waals surface area contributed by atoms with Gasteiger partial charge >= 0.3 is 0 Å². The number of hydrogen-bond donors (Lipinski definition) is 2. The van der Waals surface area contributed by atoms with Crippen molar-refractivity contribution in [3.05, 3.63) is 52.6 Å². The van der Waals surface area contributed by atoms with Gasteiger partial charge in [-0.1, -0.05) is 12.1 Å². The molecule has 1 heterocycles. The third-order valence-electron chi connectivity index (χ3n) is 5.18. The van der Waals surface area contributed by atoms with Crippen molar-refractivity contribution in [2.24, 2.45) is 12.0 Å². The first-order valence-electron chi connectivity index (χ1n) is 10.2. The van der Waals surface area contributed by atoms with E-state index in [-0.39, 0.29) is 41.9 Å². The topological polar surface area (TPSA) is 57.5 Å². The quantitative estimate of drug-likeness (QED) is 0.311. The fourth-order valence-corrected chi connectivity index (χ4v) is 3.48. The monoisotopic (exact) mass is 530 g/mol. The van der Waals surface area contributed by atoms with Crippen LogP contribution in [-0.4, -0.2) is 53.9 Å². The van der Waals surface area contributed by atoms with Crippen LogP contribution in [0.25, 0.3) is 0 Å². The molecule has 2 unspecified atom stereocenters. The zero-order valence-corrected chi connectivity index (χ0v) is 21.5. The highest BCUT2D eigenvalue weighted by Gasteiger charge is 2.16. The van der Waals surface area contributed by atoms with Gasteiger partial charge < -0.3 is 15.5 Å². The SMILES string of the molecule is CCNC(=NCC(c1cccc(F)c1)N(C)C)NC(C)Cc1c(C)nn(C)c1C.I. The Kier molecular flexibility index (Phi) is 10.8. The summed E-state index contributed by atoms with van der Waals surface area (Å²) in [5.74, 6) is 0.543. The Balaban J connectivity index is 0.00000450. The molecule has 0 bridgehead atoms. The van der Waals surface area contributed by atoms with E-state index >= 15 is 0 Å². The lowest BCUT2D eigenvalue weighted by Gasteiger charge is -2.24. The Morgan fingerprint density at radius 2 is 2.00 bits per heavy atom. The minimum absolute atomic E-state index is 0. The number of hydrogen-bond acceptors (Lipinski definition) is 3. The summed E-state index contributed by atoms with van der Waals surface area (Å²) in [6.45, 7) is 9.65. The minimum Gasteiger partial charge on any atom is -0.357 e. The van der Waals surface area contributed by atoms with Crippen molar-refractivity contribution in [2.45, 2.75) is 46.2 Å². The normalized spacial score (nSPS) is 13.7. The zero-order valence-electron chi connectivity index (χ0n) is 19.2. The number of halogens is 2. The maximum Gasteiger partial charge on any atom is 0.191 e. The number of guanidine groups is 1. The fourth-order valence-electron chi connectivity index (χ4n) is 3.48. The third kappa shape index (κ3) is 7.23. The molecule has 1 aromatic heterocycles. The van der Waals surface area contributed by atoms with Crippen LogP contribution in [-0.2, 0) is 13.5 Å². The van der Waals surface area contributed by atoms with Crippen LogP contribution in [0.2, 0.25) is 0 Å². The van der Waals surface area contributed by atoms with Gasteiger partial charge in [0, 0.05) is 25.3 Å². The molecule has 0 aliphatic heterocycles. The second-order valence-electron chi connectivity index (χ2n) is 7.78. The molecule has 2 rings (SSSR count). The van der Waals surface area contributed by atoms with Crippen LogP contribution in [0.4, 0.5) is 4.39 Å². The second kappa shape index (κ2) is 12.2. The van der Waals surface area contributed by atoms with Gasteiger partial charge in [-0.25, -0.2) is 4.39 Å². The van der Waals surface area contributed by atoms with Crippen molar-refractivity contribution in [3.63, 3.8) is 0 Å². The van der Waals surface area contributed by atoms with Crippen LogP contribution in [0.3, 0.4) is 0 Å². The summed E-state index contributed by atoms with van der Waals surface area (Å²) >= 11 is 0. The zero-order chi connectivity index (χ0) is 21.6. The number of benzene rings is 1. The number of likely N-dealkylation sites (N-methyl/N-ethyl adjacent to an activating group) is 1. The number of nitrogens with one attached hydrogen (secondary N) is 2. The Bertz CT molecular complexity index is 833. The number of rotatable bonds is 8.